The van der Waals surface area contributed by atoms with Crippen molar-refractivity contribution in [1.82, 2.24) is 4.90 Å². The number of nitrogen functional groups attached to an aromatic ring is 1. The third-order valence-electron chi connectivity index (χ3n) is 9.69. The molecule has 0 saturated carbocycles. The van der Waals surface area contributed by atoms with Crippen molar-refractivity contribution in [3.8, 4) is 11.5 Å². The summed E-state index contributed by atoms with van der Waals surface area (Å²) in [6.45, 7) is 4.11. The molecule has 2 aliphatic carbocycles. The molecule has 13 heteroatoms. The quantitative estimate of drug-likeness (QED) is 0.245. The van der Waals surface area contributed by atoms with E-state index in [1.165, 1.54) is 25.1 Å². The molecule has 0 bridgehead atoms. The molecule has 8 unspecified atom stereocenters. The number of phenolic OH excluding ortho intramolecular Hbond substituents is 2. The Morgan fingerprint density at radius 2 is 1.86 bits per heavy atom. The molecular weight excluding hydrogens is 576 g/mol. The number of ether oxygens (including phenoxy) is 5. The molecule has 44 heavy (non-hydrogen) atoms. The van der Waals surface area contributed by atoms with Gasteiger partial charge in [-0.2, -0.15) is 0 Å². The average molecular weight is 611 g/mol. The highest BCUT2D eigenvalue weighted by Crippen LogP contribution is 2.52. The van der Waals surface area contributed by atoms with Crippen LogP contribution in [0.1, 0.15) is 75.8 Å². The van der Waals surface area contributed by atoms with Crippen LogP contribution in [0.3, 0.4) is 0 Å². The summed E-state index contributed by atoms with van der Waals surface area (Å²) in [6, 6.07) is 4.27. The van der Waals surface area contributed by atoms with E-state index in [1.54, 1.807) is 7.11 Å². The van der Waals surface area contributed by atoms with Crippen LogP contribution in [0.2, 0.25) is 0 Å². The Bertz CT molecular complexity index is 1590. The van der Waals surface area contributed by atoms with Crippen molar-refractivity contribution in [2.45, 2.75) is 81.9 Å². The van der Waals surface area contributed by atoms with Crippen LogP contribution in [0.15, 0.2) is 18.2 Å². The number of anilines is 1. The monoisotopic (exact) mass is 610 g/mol. The molecule has 8 atom stereocenters. The van der Waals surface area contributed by atoms with Gasteiger partial charge in [-0.1, -0.05) is 12.1 Å². The first-order valence-electron chi connectivity index (χ1n) is 14.6. The van der Waals surface area contributed by atoms with Gasteiger partial charge in [-0.15, -0.1) is 0 Å². The number of carbonyl (C=O) groups excluding carboxylic acids is 3. The second-order valence-electron chi connectivity index (χ2n) is 12.1. The number of rotatable bonds is 4. The zero-order chi connectivity index (χ0) is 31.2. The van der Waals surface area contributed by atoms with Crippen molar-refractivity contribution in [3.05, 3.63) is 51.6 Å². The lowest BCUT2D eigenvalue weighted by Crippen LogP contribution is -2.55. The maximum absolute atomic E-state index is 13.7. The maximum atomic E-state index is 13.7. The number of carbonyl (C=O) groups is 3. The number of Topliss-reactive ketones (excluding diaryl/α,β-unsaturated/α-hetero) is 1. The van der Waals surface area contributed by atoms with Gasteiger partial charge in [-0.3, -0.25) is 19.3 Å². The van der Waals surface area contributed by atoms with Crippen molar-refractivity contribution >= 4 is 23.0 Å². The number of benzene rings is 2. The van der Waals surface area contributed by atoms with Gasteiger partial charge in [-0.05, 0) is 19.9 Å². The number of aliphatic hydroxyl groups is 1. The minimum atomic E-state index is -1.99. The number of nitrogens with two attached hydrogens (primary N) is 1. The van der Waals surface area contributed by atoms with Crippen LogP contribution in [0.4, 0.5) is 5.69 Å². The number of hydrogen-bond acceptors (Lipinski definition) is 13. The largest absolute Gasteiger partial charge is 0.507 e. The Balaban J connectivity index is 1.29. The van der Waals surface area contributed by atoms with Crippen molar-refractivity contribution in [2.75, 3.05) is 26.0 Å². The Morgan fingerprint density at radius 1 is 1.11 bits per heavy atom. The van der Waals surface area contributed by atoms with Crippen LogP contribution in [-0.4, -0.2) is 100 Å². The fraction of sp³-hybridized carbons (Fsp3) is 0.516. The SMILES string of the molecule is COC1OCCN2C3CC(OC4CC(O)(C(C)=O)Cc5c(O)c6c(c(O)c54)C(=O)c4c(N)cccc4C6=O)OC(C)C3OC12. The average Bonchev–Trinajstić information content (AvgIpc) is 3.37. The number of nitrogens with zero attached hydrogens (tertiary/aromatic N) is 1. The van der Waals surface area contributed by atoms with Crippen LogP contribution < -0.4 is 5.73 Å². The first-order valence-corrected chi connectivity index (χ1v) is 14.6. The Hall–Kier alpha value is -3.43. The smallest absolute Gasteiger partial charge is 0.200 e. The van der Waals surface area contributed by atoms with E-state index in [-0.39, 0.29) is 46.5 Å². The Morgan fingerprint density at radius 3 is 2.59 bits per heavy atom. The molecular formula is C31H34N2O11. The highest BCUT2D eigenvalue weighted by Gasteiger charge is 2.55. The summed E-state index contributed by atoms with van der Waals surface area (Å²) < 4.78 is 30.0. The molecule has 234 valence electrons. The summed E-state index contributed by atoms with van der Waals surface area (Å²) in [5.74, 6) is -3.20. The van der Waals surface area contributed by atoms with E-state index in [0.717, 1.165) is 0 Å². The number of fused-ring (bicyclic) bond motifs is 6. The van der Waals surface area contributed by atoms with Crippen molar-refractivity contribution in [1.29, 1.82) is 0 Å². The van der Waals surface area contributed by atoms with Gasteiger partial charge in [0.25, 0.3) is 0 Å². The number of ketones is 3. The molecule has 7 rings (SSSR count). The molecule has 2 aromatic rings. The fourth-order valence-electron chi connectivity index (χ4n) is 7.49. The molecule has 2 aromatic carbocycles. The molecule has 3 heterocycles. The summed E-state index contributed by atoms with van der Waals surface area (Å²) in [4.78, 5) is 42.1. The lowest BCUT2D eigenvalue weighted by molar-refractivity contribution is -0.256. The molecule has 5 N–H and O–H groups in total. The fourth-order valence-corrected chi connectivity index (χ4v) is 7.49. The first kappa shape index (κ1) is 29.3. The lowest BCUT2D eigenvalue weighted by Gasteiger charge is -2.43. The number of hydrogen-bond donors (Lipinski definition) is 4. The minimum absolute atomic E-state index is 0.0102. The zero-order valence-corrected chi connectivity index (χ0v) is 24.4. The van der Waals surface area contributed by atoms with Crippen molar-refractivity contribution in [3.63, 3.8) is 0 Å². The number of methoxy groups -OCH3 is 1. The van der Waals surface area contributed by atoms with Crippen LogP contribution >= 0.6 is 0 Å². The summed E-state index contributed by atoms with van der Waals surface area (Å²) >= 11 is 0. The highest BCUT2D eigenvalue weighted by molar-refractivity contribution is 6.32. The van der Waals surface area contributed by atoms with Crippen LogP contribution in [-0.2, 0) is 34.9 Å². The zero-order valence-electron chi connectivity index (χ0n) is 24.4. The van der Waals surface area contributed by atoms with Gasteiger partial charge in [-0.25, -0.2) is 0 Å². The molecule has 0 aromatic heterocycles. The summed E-state index contributed by atoms with van der Waals surface area (Å²) in [5.41, 5.74) is 3.19. The van der Waals surface area contributed by atoms with Gasteiger partial charge in [0.15, 0.2) is 36.2 Å². The van der Waals surface area contributed by atoms with Gasteiger partial charge in [0.2, 0.25) is 0 Å². The van der Waals surface area contributed by atoms with Crippen LogP contribution in [0, 0.1) is 0 Å². The molecule has 13 nitrogen and oxygen atoms in total. The Labute approximate surface area is 252 Å². The van der Waals surface area contributed by atoms with Crippen LogP contribution in [0.5, 0.6) is 11.5 Å². The van der Waals surface area contributed by atoms with E-state index < -0.39 is 83.0 Å². The van der Waals surface area contributed by atoms with Gasteiger partial charge >= 0.3 is 0 Å². The predicted molar refractivity (Wildman–Crippen MR) is 150 cm³/mol. The van der Waals surface area contributed by atoms with Gasteiger partial charge in [0.05, 0.1) is 35.5 Å². The van der Waals surface area contributed by atoms with Gasteiger partial charge in [0.1, 0.15) is 23.2 Å². The molecule has 3 fully saturated rings. The third kappa shape index (κ3) is 4.15. The van der Waals surface area contributed by atoms with E-state index in [2.05, 4.69) is 4.90 Å². The molecule has 3 aliphatic heterocycles. The maximum Gasteiger partial charge on any atom is 0.200 e. The molecule has 0 spiro atoms. The van der Waals surface area contributed by atoms with E-state index >= 15 is 0 Å². The third-order valence-corrected chi connectivity index (χ3v) is 9.69. The lowest BCUT2D eigenvalue weighted by atomic mass is 9.72. The number of aromatic hydroxyl groups is 2. The van der Waals surface area contributed by atoms with Gasteiger partial charge < -0.3 is 44.7 Å². The standard InChI is InChI=1S/C31H34N2O11/c1-12-28-17(33-7-8-41-30(40-3)29(33)44-28)9-19(42-12)43-18-11-31(39,13(2)34)10-15-21(18)27(38)23-22(25(15)36)24(35)14-5-4-6-16(32)20(14)26(23)37/h4-6,12,17-19,28-30,36,38-39H,7-11,32H2,1-3H3. The summed E-state index contributed by atoms with van der Waals surface area (Å²) in [7, 11) is 1.55. The van der Waals surface area contributed by atoms with E-state index in [4.69, 9.17) is 29.4 Å². The van der Waals surface area contributed by atoms with Crippen LogP contribution in [0.25, 0.3) is 0 Å². The second-order valence-corrected chi connectivity index (χ2v) is 12.1. The van der Waals surface area contributed by atoms with E-state index in [0.29, 0.717) is 19.6 Å². The highest BCUT2D eigenvalue weighted by atomic mass is 16.7. The number of morpholine rings is 1. The minimum Gasteiger partial charge on any atom is -0.507 e. The van der Waals surface area contributed by atoms with Crippen molar-refractivity contribution < 1.29 is 53.4 Å². The topological polar surface area (TPSA) is 187 Å². The van der Waals surface area contributed by atoms with Crippen molar-refractivity contribution in [2.24, 2.45) is 0 Å². The summed E-state index contributed by atoms with van der Waals surface area (Å²) in [5, 5.41) is 34.6. The molecule has 5 aliphatic rings. The van der Waals surface area contributed by atoms with Gasteiger partial charge in [0, 0.05) is 61.3 Å². The second kappa shape index (κ2) is 10.3. The Kier molecular flexibility index (Phi) is 6.86. The molecule has 0 amide bonds. The van der Waals surface area contributed by atoms with E-state index in [1.807, 2.05) is 6.92 Å². The van der Waals surface area contributed by atoms with E-state index in [9.17, 15) is 29.7 Å². The predicted octanol–water partition coefficient (Wildman–Crippen LogP) is 1.31. The summed E-state index contributed by atoms with van der Waals surface area (Å²) in [6.07, 6.45) is -4.14. The molecule has 0 radical (unpaired) electrons. The number of phenols is 2. The first-order chi connectivity index (χ1) is 20.9. The molecule has 3 saturated heterocycles. The normalized spacial score (nSPS) is 34.5.